The molecule has 2 unspecified atom stereocenters. The maximum atomic E-state index is 8.49. The predicted octanol–water partition coefficient (Wildman–Crippen LogP) is -7.46. The second-order valence-corrected chi connectivity index (χ2v) is 4.92. The zero-order valence-electron chi connectivity index (χ0n) is 12.9. The minimum absolute atomic E-state index is 0. The first kappa shape index (κ1) is 30.3. The van der Waals surface area contributed by atoms with E-state index in [0.29, 0.717) is 13.1 Å². The molecule has 0 fully saturated rings. The fourth-order valence-electron chi connectivity index (χ4n) is 0.841. The molecule has 0 rings (SSSR count). The quantitative estimate of drug-likeness (QED) is 0.175. The van der Waals surface area contributed by atoms with Crippen molar-refractivity contribution < 1.29 is 55.6 Å². The molecule has 0 spiro atoms. The normalized spacial score (nSPS) is 12.8. The molecule has 10 nitrogen and oxygen atoms in total. The van der Waals surface area contributed by atoms with Gasteiger partial charge in [0.1, 0.15) is 0 Å². The molecule has 0 aromatic carbocycles. The molecule has 0 amide bonds. The Balaban J connectivity index is -0.000000111. The number of halogens is 1. The van der Waals surface area contributed by atoms with Crippen LogP contribution in [0.15, 0.2) is 0 Å². The van der Waals surface area contributed by atoms with Gasteiger partial charge in [0.05, 0.1) is 13.1 Å². The molecule has 0 aromatic rings. The van der Waals surface area contributed by atoms with Crippen molar-refractivity contribution in [1.29, 1.82) is 0 Å². The molecule has 0 aliphatic carbocycles. The molecule has 140 valence electrons. The standard InChI is InChI=1S/2C5H14N2O.ClHO4.Ni/c2*1-5(8)4-7-3-2-6;2-1(3,4)5;/h2*5,7-8H,2-4,6H2,1H3;(H,2,3,4,5);/q;;;+2/p+1. The molecular weight excluding hydrogens is 366 g/mol. The first-order chi connectivity index (χ1) is 9.54. The van der Waals surface area contributed by atoms with E-state index < -0.39 is 10.2 Å². The summed E-state index contributed by atoms with van der Waals surface area (Å²) in [4.78, 5) is 0. The average molecular weight is 397 g/mol. The van der Waals surface area contributed by atoms with E-state index in [1.54, 1.807) is 0 Å². The number of nitrogens with two attached hydrogens (primary N) is 2. The van der Waals surface area contributed by atoms with E-state index in [-0.39, 0.29) is 28.7 Å². The first-order valence-corrected chi connectivity index (χ1v) is 7.63. The van der Waals surface area contributed by atoms with E-state index >= 15 is 0 Å². The number of hydrogen-bond donors (Lipinski definition) is 4. The van der Waals surface area contributed by atoms with Crippen molar-refractivity contribution in [2.24, 2.45) is 11.5 Å². The van der Waals surface area contributed by atoms with Crippen molar-refractivity contribution in [3.8, 4) is 0 Å². The third-order valence-electron chi connectivity index (χ3n) is 1.54. The minimum atomic E-state index is -4.94. The zero-order chi connectivity index (χ0) is 17.3. The number of nitrogens with one attached hydrogen (secondary N) is 2. The molecule has 2 atom stereocenters. The number of hydrogen-bond acceptors (Lipinski definition) is 8. The van der Waals surface area contributed by atoms with Gasteiger partial charge in [-0.3, -0.25) is 0 Å². The van der Waals surface area contributed by atoms with Crippen molar-refractivity contribution in [1.82, 2.24) is 10.6 Å². The summed E-state index contributed by atoms with van der Waals surface area (Å²) < 4.78 is 34.0. The van der Waals surface area contributed by atoms with E-state index in [2.05, 4.69) is 10.6 Å². The fraction of sp³-hybridized carbons (Fsp3) is 1.00. The van der Waals surface area contributed by atoms with Crippen LogP contribution in [0.1, 0.15) is 13.8 Å². The van der Waals surface area contributed by atoms with Crippen LogP contribution in [-0.2, 0) is 16.5 Å². The number of rotatable bonds is 8. The summed E-state index contributed by atoms with van der Waals surface area (Å²) >= 11 is 0. The molecule has 0 aromatic heterocycles. The summed E-state index contributed by atoms with van der Waals surface area (Å²) in [5.74, 6) is 0. The molecule has 22 heavy (non-hydrogen) atoms. The fourth-order valence-corrected chi connectivity index (χ4v) is 0.841. The van der Waals surface area contributed by atoms with Gasteiger partial charge in [-0.15, -0.1) is 10.2 Å². The van der Waals surface area contributed by atoms with Gasteiger partial charge in [-0.05, 0) is 0 Å². The summed E-state index contributed by atoms with van der Waals surface area (Å²) in [7, 11) is -4.94. The van der Waals surface area contributed by atoms with E-state index in [1.165, 1.54) is 0 Å². The smallest absolute Gasteiger partial charge is 0.442 e. The van der Waals surface area contributed by atoms with Gasteiger partial charge in [-0.2, -0.15) is 0 Å². The zero-order valence-corrected chi connectivity index (χ0v) is 14.6. The molecular formula is C10H30ClN4NiO6+3. The Morgan fingerprint density at radius 2 is 1.09 bits per heavy atom. The third-order valence-corrected chi connectivity index (χ3v) is 1.54. The van der Waals surface area contributed by atoms with Crippen molar-refractivity contribution >= 4 is 0 Å². The van der Waals surface area contributed by atoms with Gasteiger partial charge in [0, 0.05) is 40.0 Å². The Morgan fingerprint density at radius 1 is 0.864 bits per heavy atom. The summed E-state index contributed by atoms with van der Waals surface area (Å²) in [6.07, 6.45) is -0.0249. The molecule has 0 radical (unpaired) electrons. The predicted molar refractivity (Wildman–Crippen MR) is 70.0 cm³/mol. The molecule has 0 aliphatic heterocycles. The molecule has 10 N–H and O–H groups in total. The van der Waals surface area contributed by atoms with Crippen LogP contribution < -0.4 is 40.7 Å². The van der Waals surface area contributed by atoms with Crippen molar-refractivity contribution in [2.45, 2.75) is 26.1 Å². The van der Waals surface area contributed by atoms with Gasteiger partial charge in [0.15, 0.2) is 12.2 Å². The average Bonchev–Trinajstić information content (AvgIpc) is 2.27. The Labute approximate surface area is 143 Å². The maximum absolute atomic E-state index is 8.49. The topological polar surface area (TPSA) is 214 Å². The van der Waals surface area contributed by atoms with Crippen LogP contribution in [0.25, 0.3) is 0 Å². The second kappa shape index (κ2) is 21.4. The van der Waals surface area contributed by atoms with Gasteiger partial charge in [0.2, 0.25) is 0 Å². The van der Waals surface area contributed by atoms with Gasteiger partial charge in [0.25, 0.3) is 0 Å². The van der Waals surface area contributed by atoms with Crippen LogP contribution in [0.4, 0.5) is 0 Å². The monoisotopic (exact) mass is 395 g/mol. The summed E-state index contributed by atoms with van der Waals surface area (Å²) in [6, 6.07) is 0. The van der Waals surface area contributed by atoms with Crippen LogP contribution in [-0.4, -0.2) is 61.7 Å². The van der Waals surface area contributed by atoms with Gasteiger partial charge in [-0.1, -0.05) is 0 Å². The molecule has 0 aliphatic rings. The van der Waals surface area contributed by atoms with Crippen molar-refractivity contribution in [3.05, 3.63) is 0 Å². The van der Waals surface area contributed by atoms with Crippen LogP contribution in [0.3, 0.4) is 0 Å². The summed E-state index contributed by atoms with van der Waals surface area (Å²) in [5, 5.41) is 20.1. The van der Waals surface area contributed by atoms with Crippen molar-refractivity contribution in [3.63, 3.8) is 0 Å². The molecule has 0 saturated carbocycles. The molecule has 0 saturated heterocycles. The van der Waals surface area contributed by atoms with E-state index in [4.69, 9.17) is 40.3 Å². The SMILES string of the molecule is CC([OH2+])CNCCN.CC([OH2+])CNCCN.[Ni+2].[O-][Cl+3]([O-])([O-])[O-]. The Morgan fingerprint density at radius 3 is 1.23 bits per heavy atom. The molecule has 0 heterocycles. The minimum Gasteiger partial charge on any atom is -0.442 e. The van der Waals surface area contributed by atoms with E-state index in [0.717, 1.165) is 26.2 Å². The van der Waals surface area contributed by atoms with E-state index in [9.17, 15) is 0 Å². The Kier molecular flexibility index (Phi) is 29.4. The maximum Gasteiger partial charge on any atom is 2.00 e. The summed E-state index contributed by atoms with van der Waals surface area (Å²) in [6.45, 7) is 8.16. The Bertz CT molecular complexity index is 181. The largest absolute Gasteiger partial charge is 2.00 e. The first-order valence-electron chi connectivity index (χ1n) is 6.40. The van der Waals surface area contributed by atoms with Crippen LogP contribution >= 0.6 is 0 Å². The summed E-state index contributed by atoms with van der Waals surface area (Å²) in [5.41, 5.74) is 10.4. The Hall–Kier alpha value is 0.384. The van der Waals surface area contributed by atoms with Gasteiger partial charge < -0.3 is 32.3 Å². The van der Waals surface area contributed by atoms with Crippen LogP contribution in [0, 0.1) is 10.2 Å². The molecule has 12 heteroatoms. The molecule has 0 bridgehead atoms. The van der Waals surface area contributed by atoms with Gasteiger partial charge >= 0.3 is 16.5 Å². The second-order valence-electron chi connectivity index (χ2n) is 4.17. The van der Waals surface area contributed by atoms with Crippen molar-refractivity contribution in [2.75, 3.05) is 39.3 Å². The third kappa shape index (κ3) is 71.0. The van der Waals surface area contributed by atoms with E-state index in [1.807, 2.05) is 13.8 Å². The van der Waals surface area contributed by atoms with Gasteiger partial charge in [-0.25, -0.2) is 18.6 Å². The van der Waals surface area contributed by atoms with Crippen LogP contribution in [0.5, 0.6) is 0 Å². The van der Waals surface area contributed by atoms with Crippen LogP contribution in [0.2, 0.25) is 0 Å².